The average molecular weight is 430 g/mol. The molecule has 0 aliphatic rings. The number of carbonyl (C=O) groups excluding carboxylic acids is 2. The lowest BCUT2D eigenvalue weighted by atomic mass is 9.98. The maximum Gasteiger partial charge on any atom is 0.338 e. The molecular formula is C27H23FO4. The lowest BCUT2D eigenvalue weighted by Gasteiger charge is -2.11. The Labute approximate surface area is 186 Å². The molecule has 3 rings (SSSR count). The van der Waals surface area contributed by atoms with E-state index in [-0.39, 0.29) is 5.82 Å². The highest BCUT2D eigenvalue weighted by molar-refractivity contribution is 5.89. The van der Waals surface area contributed by atoms with E-state index in [0.717, 1.165) is 11.1 Å². The summed E-state index contributed by atoms with van der Waals surface area (Å²) in [5.74, 6) is -0.585. The molecule has 0 amide bonds. The highest BCUT2D eigenvalue weighted by Gasteiger charge is 2.12. The second kappa shape index (κ2) is 9.43. The van der Waals surface area contributed by atoms with Crippen molar-refractivity contribution < 1.29 is 23.5 Å². The third-order valence-electron chi connectivity index (χ3n) is 4.75. The Balaban J connectivity index is 1.81. The van der Waals surface area contributed by atoms with Crippen molar-refractivity contribution in [1.82, 2.24) is 0 Å². The smallest absolute Gasteiger partial charge is 0.338 e. The third-order valence-corrected chi connectivity index (χ3v) is 4.75. The molecule has 0 N–H and O–H groups in total. The summed E-state index contributed by atoms with van der Waals surface area (Å²) < 4.78 is 25.4. The summed E-state index contributed by atoms with van der Waals surface area (Å²) in [5, 5.41) is 0. The van der Waals surface area contributed by atoms with E-state index in [9.17, 15) is 14.0 Å². The normalized spacial score (nSPS) is 10.4. The molecule has 3 aromatic rings. The van der Waals surface area contributed by atoms with Gasteiger partial charge in [-0.05, 0) is 73.4 Å². The zero-order valence-corrected chi connectivity index (χ0v) is 18.2. The Morgan fingerprint density at radius 1 is 0.750 bits per heavy atom. The minimum absolute atomic E-state index is 0.299. The molecule has 4 nitrogen and oxygen atoms in total. The molecule has 0 saturated heterocycles. The van der Waals surface area contributed by atoms with Crippen molar-refractivity contribution >= 4 is 11.9 Å². The van der Waals surface area contributed by atoms with Crippen LogP contribution in [-0.4, -0.2) is 11.9 Å². The van der Waals surface area contributed by atoms with E-state index in [0.29, 0.717) is 39.3 Å². The van der Waals surface area contributed by atoms with Gasteiger partial charge < -0.3 is 9.47 Å². The van der Waals surface area contributed by atoms with Gasteiger partial charge in [0.15, 0.2) is 0 Å². The van der Waals surface area contributed by atoms with E-state index in [1.54, 1.807) is 56.3 Å². The topological polar surface area (TPSA) is 52.6 Å². The van der Waals surface area contributed by atoms with Crippen molar-refractivity contribution in [2.45, 2.75) is 20.8 Å². The van der Waals surface area contributed by atoms with Crippen LogP contribution in [0, 0.1) is 12.7 Å². The van der Waals surface area contributed by atoms with Crippen LogP contribution in [0.15, 0.2) is 85.0 Å². The Morgan fingerprint density at radius 2 is 1.28 bits per heavy atom. The van der Waals surface area contributed by atoms with Crippen molar-refractivity contribution in [3.8, 4) is 33.8 Å². The van der Waals surface area contributed by atoms with Crippen LogP contribution < -0.4 is 9.47 Å². The third kappa shape index (κ3) is 5.19. The maximum atomic E-state index is 14.9. The lowest BCUT2D eigenvalue weighted by molar-refractivity contribution is -0.131. The standard InChI is InChI=1S/C27H23FO4/c1-16(2)26(29)31-22-10-6-19(7-11-22)23-12-8-21(15-24(23)28)20-9-13-25(18(5)14-20)32-27(30)17(3)4/h6-15H,1,3H2,2,4-5H3. The van der Waals surface area contributed by atoms with Crippen LogP contribution in [0.5, 0.6) is 11.5 Å². The first kappa shape index (κ1) is 22.7. The van der Waals surface area contributed by atoms with Gasteiger partial charge in [0.1, 0.15) is 17.3 Å². The van der Waals surface area contributed by atoms with Crippen molar-refractivity contribution in [2.75, 3.05) is 0 Å². The molecule has 32 heavy (non-hydrogen) atoms. The van der Waals surface area contributed by atoms with Crippen LogP contribution in [0.3, 0.4) is 0 Å². The number of benzene rings is 3. The van der Waals surface area contributed by atoms with Gasteiger partial charge in [0, 0.05) is 16.7 Å². The fraction of sp³-hybridized carbons (Fsp3) is 0.111. The van der Waals surface area contributed by atoms with E-state index in [1.165, 1.54) is 6.07 Å². The fourth-order valence-corrected chi connectivity index (χ4v) is 2.96. The van der Waals surface area contributed by atoms with E-state index in [4.69, 9.17) is 9.47 Å². The summed E-state index contributed by atoms with van der Waals surface area (Å²) >= 11 is 0. The van der Waals surface area contributed by atoms with E-state index < -0.39 is 11.9 Å². The quantitative estimate of drug-likeness (QED) is 0.257. The second-order valence-electron chi connectivity index (χ2n) is 7.54. The number of aryl methyl sites for hydroxylation is 1. The summed E-state index contributed by atoms with van der Waals surface area (Å²) in [7, 11) is 0. The van der Waals surface area contributed by atoms with Gasteiger partial charge in [-0.2, -0.15) is 0 Å². The first-order valence-electron chi connectivity index (χ1n) is 9.92. The molecule has 162 valence electrons. The van der Waals surface area contributed by atoms with Gasteiger partial charge in [-0.25, -0.2) is 14.0 Å². The molecular weight excluding hydrogens is 407 g/mol. The summed E-state index contributed by atoms with van der Waals surface area (Å²) in [6.45, 7) is 12.1. The van der Waals surface area contributed by atoms with Gasteiger partial charge in [0.05, 0.1) is 0 Å². The maximum absolute atomic E-state index is 14.9. The summed E-state index contributed by atoms with van der Waals surface area (Å²) in [5.41, 5.74) is 3.93. The largest absolute Gasteiger partial charge is 0.423 e. The Bertz CT molecular complexity index is 1220. The number of esters is 2. The van der Waals surface area contributed by atoms with Gasteiger partial charge in [-0.1, -0.05) is 43.5 Å². The minimum atomic E-state index is -0.510. The predicted octanol–water partition coefficient (Wildman–Crippen LogP) is 6.43. The van der Waals surface area contributed by atoms with Crippen molar-refractivity contribution in [1.29, 1.82) is 0 Å². The van der Waals surface area contributed by atoms with E-state index >= 15 is 0 Å². The van der Waals surface area contributed by atoms with Crippen LogP contribution in [0.2, 0.25) is 0 Å². The lowest BCUT2D eigenvalue weighted by Crippen LogP contribution is -2.09. The summed E-state index contributed by atoms with van der Waals surface area (Å²) in [6.07, 6.45) is 0. The molecule has 0 atom stereocenters. The minimum Gasteiger partial charge on any atom is -0.423 e. The van der Waals surface area contributed by atoms with E-state index in [2.05, 4.69) is 13.2 Å². The molecule has 0 bridgehead atoms. The Hall–Kier alpha value is -3.99. The second-order valence-corrected chi connectivity index (χ2v) is 7.54. The highest BCUT2D eigenvalue weighted by atomic mass is 19.1. The van der Waals surface area contributed by atoms with Gasteiger partial charge >= 0.3 is 11.9 Å². The van der Waals surface area contributed by atoms with Crippen molar-refractivity contribution in [2.24, 2.45) is 0 Å². The van der Waals surface area contributed by atoms with Crippen LogP contribution in [0.25, 0.3) is 22.3 Å². The summed E-state index contributed by atoms with van der Waals surface area (Å²) in [6, 6.07) is 16.9. The number of rotatable bonds is 6. The Kier molecular flexibility index (Phi) is 6.69. The van der Waals surface area contributed by atoms with Crippen LogP contribution >= 0.6 is 0 Å². The predicted molar refractivity (Wildman–Crippen MR) is 123 cm³/mol. The van der Waals surface area contributed by atoms with Gasteiger partial charge in [0.2, 0.25) is 0 Å². The first-order chi connectivity index (χ1) is 15.2. The molecule has 0 aliphatic heterocycles. The van der Waals surface area contributed by atoms with Crippen molar-refractivity contribution in [3.05, 3.63) is 96.3 Å². The molecule has 3 aromatic carbocycles. The van der Waals surface area contributed by atoms with E-state index in [1.807, 2.05) is 19.1 Å². The first-order valence-corrected chi connectivity index (χ1v) is 9.92. The molecule has 0 saturated carbocycles. The van der Waals surface area contributed by atoms with Crippen LogP contribution in [-0.2, 0) is 9.59 Å². The van der Waals surface area contributed by atoms with Gasteiger partial charge in [-0.3, -0.25) is 0 Å². The molecule has 5 heteroatoms. The highest BCUT2D eigenvalue weighted by Crippen LogP contribution is 2.31. The van der Waals surface area contributed by atoms with Crippen molar-refractivity contribution in [3.63, 3.8) is 0 Å². The SMILES string of the molecule is C=C(C)C(=O)Oc1ccc(-c2ccc(-c3ccc(OC(=O)C(=C)C)c(C)c3)cc2F)cc1. The van der Waals surface area contributed by atoms with Gasteiger partial charge in [0.25, 0.3) is 0 Å². The van der Waals surface area contributed by atoms with Crippen LogP contribution in [0.1, 0.15) is 19.4 Å². The molecule has 0 fully saturated rings. The molecule has 0 unspecified atom stereocenters. The molecule has 0 heterocycles. The monoisotopic (exact) mass is 430 g/mol. The summed E-state index contributed by atoms with van der Waals surface area (Å²) in [4.78, 5) is 23.4. The van der Waals surface area contributed by atoms with Crippen LogP contribution in [0.4, 0.5) is 4.39 Å². The molecule has 0 aromatic heterocycles. The average Bonchev–Trinajstić information content (AvgIpc) is 2.75. The molecule has 0 radical (unpaired) electrons. The number of halogens is 1. The number of ether oxygens (including phenoxy) is 2. The Morgan fingerprint density at radius 3 is 1.84 bits per heavy atom. The molecule has 0 spiro atoms. The fourth-order valence-electron chi connectivity index (χ4n) is 2.96. The number of hydrogen-bond acceptors (Lipinski definition) is 4. The zero-order valence-electron chi connectivity index (χ0n) is 18.2. The molecule has 0 aliphatic carbocycles. The number of carbonyl (C=O) groups is 2. The number of hydrogen-bond donors (Lipinski definition) is 0. The zero-order chi connectivity index (χ0) is 23.4. The van der Waals surface area contributed by atoms with Gasteiger partial charge in [-0.15, -0.1) is 0 Å².